The van der Waals surface area contributed by atoms with Crippen LogP contribution in [0.1, 0.15) is 115 Å². The Balaban J connectivity index is 1.87. The van der Waals surface area contributed by atoms with Crippen molar-refractivity contribution < 1.29 is 38.5 Å². The van der Waals surface area contributed by atoms with Gasteiger partial charge in [-0.15, -0.1) is 0 Å². The van der Waals surface area contributed by atoms with E-state index in [1.54, 1.807) is 0 Å². The summed E-state index contributed by atoms with van der Waals surface area (Å²) in [6, 6.07) is 0. The van der Waals surface area contributed by atoms with Gasteiger partial charge in [0.15, 0.2) is 0 Å². The van der Waals surface area contributed by atoms with Crippen LogP contribution in [0.25, 0.3) is 0 Å². The van der Waals surface area contributed by atoms with Gasteiger partial charge < -0.3 is 38.9 Å². The van der Waals surface area contributed by atoms with Crippen LogP contribution in [0.2, 0.25) is 0 Å². The van der Waals surface area contributed by atoms with Crippen molar-refractivity contribution in [2.75, 3.05) is 54.4 Å². The molecule has 0 aromatic carbocycles. The molecule has 0 bridgehead atoms. The van der Waals surface area contributed by atoms with Gasteiger partial charge in [-0.2, -0.15) is 0 Å². The van der Waals surface area contributed by atoms with Crippen LogP contribution in [-0.4, -0.2) is 143 Å². The van der Waals surface area contributed by atoms with Gasteiger partial charge in [0.05, 0.1) is 24.2 Å². The van der Waals surface area contributed by atoms with Gasteiger partial charge in [0.2, 0.25) is 0 Å². The Kier molecular flexibility index (Phi) is 14.2. The van der Waals surface area contributed by atoms with Crippen LogP contribution < -0.4 is 0 Å². The van der Waals surface area contributed by atoms with Gasteiger partial charge in [-0.25, -0.2) is 0 Å². The zero-order chi connectivity index (χ0) is 42.5. The monoisotopic (exact) mass is 791 g/mol. The lowest BCUT2D eigenvalue weighted by atomic mass is 9.63. The van der Waals surface area contributed by atoms with Crippen LogP contribution in [-0.2, 0) is 33.4 Å². The molecule has 0 radical (unpaired) electrons. The Hall–Kier alpha value is -2.28. The Labute approximate surface area is 338 Å². The molecule has 56 heavy (non-hydrogen) atoms. The van der Waals surface area contributed by atoms with Crippen molar-refractivity contribution in [3.8, 4) is 0 Å². The number of esters is 3. The quantitative estimate of drug-likeness (QED) is 0.205. The number of carboxylic acid groups (broad SMARTS) is 1. The molecule has 1 N–H and O–H groups in total. The first-order valence-corrected chi connectivity index (χ1v) is 21.4. The molecule has 0 aliphatic carbocycles. The van der Waals surface area contributed by atoms with Crippen LogP contribution in [0.15, 0.2) is 0 Å². The van der Waals surface area contributed by atoms with Gasteiger partial charge in [0, 0.05) is 59.5 Å². The molecule has 4 saturated heterocycles. The van der Waals surface area contributed by atoms with Crippen LogP contribution in [0.5, 0.6) is 0 Å². The number of piperidine rings is 4. The normalized spacial score (nSPS) is 35.4. The molecule has 11 atom stereocenters. The highest BCUT2D eigenvalue weighted by atomic mass is 16.6. The summed E-state index contributed by atoms with van der Waals surface area (Å²) in [7, 11) is 8.24. The molecular formula is C44H78N4O8. The lowest BCUT2D eigenvalue weighted by molar-refractivity contribution is -0.191. The molecule has 322 valence electrons. The highest BCUT2D eigenvalue weighted by Crippen LogP contribution is 2.47. The van der Waals surface area contributed by atoms with E-state index in [1.807, 2.05) is 14.0 Å². The molecule has 12 nitrogen and oxygen atoms in total. The number of nitrogens with zero attached hydrogens (tertiary/aromatic N) is 4. The van der Waals surface area contributed by atoms with E-state index in [1.165, 1.54) is 0 Å². The Morgan fingerprint density at radius 2 is 0.857 bits per heavy atom. The van der Waals surface area contributed by atoms with E-state index in [2.05, 4.69) is 117 Å². The third-order valence-electron chi connectivity index (χ3n) is 17.1. The summed E-state index contributed by atoms with van der Waals surface area (Å²) in [5, 5.41) is 10.5. The lowest BCUT2D eigenvalue weighted by Crippen LogP contribution is -2.60. The molecule has 4 rings (SSSR count). The van der Waals surface area contributed by atoms with Gasteiger partial charge >= 0.3 is 23.9 Å². The zero-order valence-corrected chi connectivity index (χ0v) is 37.8. The van der Waals surface area contributed by atoms with Crippen LogP contribution in [0.3, 0.4) is 0 Å². The number of carboxylic acids is 1. The maximum Gasteiger partial charge on any atom is 0.311 e. The maximum absolute atomic E-state index is 15.2. The van der Waals surface area contributed by atoms with Crippen molar-refractivity contribution in [2.24, 2.45) is 47.3 Å². The molecule has 4 aliphatic rings. The largest absolute Gasteiger partial charge is 0.481 e. The summed E-state index contributed by atoms with van der Waals surface area (Å²) in [6.45, 7) is 28.1. The summed E-state index contributed by atoms with van der Waals surface area (Å²) in [5.74, 6) is -8.05. The molecule has 12 heteroatoms. The zero-order valence-electron chi connectivity index (χ0n) is 37.8. The van der Waals surface area contributed by atoms with E-state index >= 15 is 9.59 Å². The summed E-state index contributed by atoms with van der Waals surface area (Å²) in [6.07, 6.45) is 0.231. The number of likely N-dealkylation sites (tertiary alicyclic amines) is 4. The fourth-order valence-electron chi connectivity index (χ4n) is 10.1. The molecular weight excluding hydrogens is 713 g/mol. The molecule has 11 unspecified atom stereocenters. The highest BCUT2D eigenvalue weighted by molar-refractivity contribution is 5.89. The standard InChI is InChI=1S/C44H78N4O8/c1-26-30(17-21-45(13)41(26,5)6)36(39(52)55-33-19-23-47(15)43(9,10)28(33)3)37(40(53)56-34-20-24-48(16)44(11,12)29(34)4)31(25-35(49)50)38(51)54-32-18-22-46(14)42(7,8)27(32)2/h26-34,36-37H,17-25H2,1-16H3,(H,49,50). The second-order valence-corrected chi connectivity index (χ2v) is 20.5. The first-order chi connectivity index (χ1) is 25.7. The third-order valence-corrected chi connectivity index (χ3v) is 17.1. The molecule has 4 heterocycles. The summed E-state index contributed by atoms with van der Waals surface area (Å²) in [4.78, 5) is 67.1. The third kappa shape index (κ3) is 8.98. The van der Waals surface area contributed by atoms with Crippen molar-refractivity contribution in [3.63, 3.8) is 0 Å². The first kappa shape index (κ1) is 46.4. The number of aliphatic carboxylic acids is 1. The van der Waals surface area contributed by atoms with Crippen molar-refractivity contribution in [3.05, 3.63) is 0 Å². The van der Waals surface area contributed by atoms with Crippen molar-refractivity contribution >= 4 is 23.9 Å². The smallest absolute Gasteiger partial charge is 0.311 e. The number of rotatable bonds is 11. The van der Waals surface area contributed by atoms with E-state index in [9.17, 15) is 14.7 Å². The second-order valence-electron chi connectivity index (χ2n) is 20.5. The summed E-state index contributed by atoms with van der Waals surface area (Å²) in [5.41, 5.74) is -1.22. The minimum Gasteiger partial charge on any atom is -0.481 e. The SMILES string of the molecule is CC1C(OC(=O)C(CC(=O)O)C(C(=O)OC2CCN(C)C(C)(C)C2C)C(C(=O)OC2CCN(C)C(C)(C)C2C)C2CCN(C)C(C)(C)C2C)CCN(C)C1(C)C. The average Bonchev–Trinajstić information content (AvgIpc) is 3.10. The molecule has 4 aliphatic heterocycles. The number of carbonyl (C=O) groups is 4. The predicted octanol–water partition coefficient (Wildman–Crippen LogP) is 5.66. The fraction of sp³-hybridized carbons (Fsp3) is 0.909. The van der Waals surface area contributed by atoms with E-state index in [4.69, 9.17) is 14.2 Å². The van der Waals surface area contributed by atoms with Gasteiger partial charge in [-0.1, -0.05) is 27.7 Å². The summed E-state index contributed by atoms with van der Waals surface area (Å²) >= 11 is 0. The number of carbonyl (C=O) groups excluding carboxylic acids is 3. The van der Waals surface area contributed by atoms with E-state index in [-0.39, 0.29) is 45.8 Å². The van der Waals surface area contributed by atoms with Gasteiger partial charge in [0.1, 0.15) is 18.3 Å². The Morgan fingerprint density at radius 1 is 0.536 bits per heavy atom. The molecule has 0 spiro atoms. The van der Waals surface area contributed by atoms with E-state index in [0.29, 0.717) is 45.3 Å². The minimum absolute atomic E-state index is 0.0287. The average molecular weight is 791 g/mol. The van der Waals surface area contributed by atoms with Gasteiger partial charge in [0.25, 0.3) is 0 Å². The van der Waals surface area contributed by atoms with Gasteiger partial charge in [-0.05, 0) is 128 Å². The van der Waals surface area contributed by atoms with E-state index in [0.717, 1.165) is 6.54 Å². The topological polar surface area (TPSA) is 129 Å². The fourth-order valence-corrected chi connectivity index (χ4v) is 10.1. The van der Waals surface area contributed by atoms with Crippen LogP contribution >= 0.6 is 0 Å². The first-order valence-electron chi connectivity index (χ1n) is 21.4. The van der Waals surface area contributed by atoms with Crippen LogP contribution in [0.4, 0.5) is 0 Å². The predicted molar refractivity (Wildman–Crippen MR) is 218 cm³/mol. The highest BCUT2D eigenvalue weighted by Gasteiger charge is 2.56. The number of hydrogen-bond donors (Lipinski definition) is 1. The minimum atomic E-state index is -1.47. The molecule has 4 fully saturated rings. The van der Waals surface area contributed by atoms with Crippen molar-refractivity contribution in [2.45, 2.75) is 156 Å². The molecule has 0 aromatic heterocycles. The molecule has 0 aromatic rings. The summed E-state index contributed by atoms with van der Waals surface area (Å²) < 4.78 is 19.4. The maximum atomic E-state index is 15.2. The van der Waals surface area contributed by atoms with Gasteiger partial charge in [-0.3, -0.25) is 19.2 Å². The number of ether oxygens (including phenoxy) is 3. The Morgan fingerprint density at radius 3 is 1.23 bits per heavy atom. The Bertz CT molecular complexity index is 1430. The molecule has 0 amide bonds. The second kappa shape index (κ2) is 17.1. The number of hydrogen-bond acceptors (Lipinski definition) is 11. The van der Waals surface area contributed by atoms with E-state index < -0.39 is 72.3 Å². The van der Waals surface area contributed by atoms with Crippen molar-refractivity contribution in [1.29, 1.82) is 0 Å². The molecule has 0 saturated carbocycles. The lowest BCUT2D eigenvalue weighted by Gasteiger charge is -2.52. The van der Waals surface area contributed by atoms with Crippen LogP contribution in [0, 0.1) is 47.3 Å². The van der Waals surface area contributed by atoms with Crippen molar-refractivity contribution in [1.82, 2.24) is 19.6 Å².